The summed E-state index contributed by atoms with van der Waals surface area (Å²) in [7, 11) is 1.78. The maximum Gasteiger partial charge on any atom is 0.149 e. The monoisotopic (exact) mass is 303 g/mol. The third-order valence-electron chi connectivity index (χ3n) is 3.67. The van der Waals surface area contributed by atoms with Crippen LogP contribution in [0.2, 0.25) is 10.0 Å². The number of aromatic nitrogens is 1. The van der Waals surface area contributed by atoms with E-state index in [9.17, 15) is 5.11 Å². The van der Waals surface area contributed by atoms with Crippen LogP contribution in [0.5, 0.6) is 0 Å². The van der Waals surface area contributed by atoms with E-state index in [0.717, 1.165) is 31.7 Å². The number of hydrogen-bond acceptors (Lipinski definition) is 4. The number of nitrogens with one attached hydrogen (secondary N) is 1. The number of pyridine rings is 1. The zero-order valence-corrected chi connectivity index (χ0v) is 12.7. The molecular weight excluding hydrogens is 285 g/mol. The van der Waals surface area contributed by atoms with Crippen LogP contribution in [0.3, 0.4) is 0 Å². The molecule has 1 aromatic heterocycles. The molecule has 0 amide bonds. The summed E-state index contributed by atoms with van der Waals surface area (Å²) in [6.07, 6.45) is 1.66. The largest absolute Gasteiger partial charge is 0.393 e. The molecule has 19 heavy (non-hydrogen) atoms. The number of aliphatic hydroxyl groups is 1. The van der Waals surface area contributed by atoms with Crippen LogP contribution in [-0.2, 0) is 0 Å². The van der Waals surface area contributed by atoms with Crippen molar-refractivity contribution in [3.05, 3.63) is 16.1 Å². The molecule has 0 spiro atoms. The van der Waals surface area contributed by atoms with E-state index in [1.807, 2.05) is 6.92 Å². The van der Waals surface area contributed by atoms with Crippen molar-refractivity contribution in [1.29, 1.82) is 0 Å². The molecule has 0 bridgehead atoms. The molecule has 0 aromatic carbocycles. The summed E-state index contributed by atoms with van der Waals surface area (Å²) >= 11 is 12.3. The molecular formula is C13H19Cl2N3O. The maximum atomic E-state index is 9.62. The number of anilines is 2. The molecule has 1 aliphatic rings. The van der Waals surface area contributed by atoms with Crippen LogP contribution in [0.15, 0.2) is 6.07 Å². The Bertz CT molecular complexity index is 446. The lowest BCUT2D eigenvalue weighted by atomic mass is 9.92. The molecule has 2 N–H and O–H groups in total. The molecule has 1 fully saturated rings. The SMILES string of the molecule is CNc1nc(N2CCC(C(C)O)CC2)c(Cl)cc1Cl. The molecule has 4 nitrogen and oxygen atoms in total. The van der Waals surface area contributed by atoms with E-state index in [2.05, 4.69) is 15.2 Å². The second-order valence-corrected chi connectivity index (χ2v) is 5.75. The van der Waals surface area contributed by atoms with Gasteiger partial charge in [-0.25, -0.2) is 4.98 Å². The van der Waals surface area contributed by atoms with Gasteiger partial charge in [0.15, 0.2) is 0 Å². The number of rotatable bonds is 3. The first-order valence-electron chi connectivity index (χ1n) is 6.49. The van der Waals surface area contributed by atoms with Gasteiger partial charge in [0.05, 0.1) is 16.1 Å². The van der Waals surface area contributed by atoms with Crippen molar-refractivity contribution in [2.45, 2.75) is 25.9 Å². The van der Waals surface area contributed by atoms with E-state index in [4.69, 9.17) is 23.2 Å². The van der Waals surface area contributed by atoms with Crippen molar-refractivity contribution < 1.29 is 5.11 Å². The fraction of sp³-hybridized carbons (Fsp3) is 0.615. The molecule has 106 valence electrons. The average molecular weight is 304 g/mol. The van der Waals surface area contributed by atoms with Gasteiger partial charge in [0.25, 0.3) is 0 Å². The zero-order valence-electron chi connectivity index (χ0n) is 11.2. The highest BCUT2D eigenvalue weighted by Gasteiger charge is 2.25. The highest BCUT2D eigenvalue weighted by Crippen LogP contribution is 2.33. The Labute approximate surface area is 123 Å². The van der Waals surface area contributed by atoms with Crippen LogP contribution in [0.1, 0.15) is 19.8 Å². The lowest BCUT2D eigenvalue weighted by Gasteiger charge is -2.34. The molecule has 6 heteroatoms. The summed E-state index contributed by atoms with van der Waals surface area (Å²) in [5.41, 5.74) is 0. The van der Waals surface area contributed by atoms with Crippen LogP contribution in [0.25, 0.3) is 0 Å². The van der Waals surface area contributed by atoms with Crippen molar-refractivity contribution in [2.24, 2.45) is 5.92 Å². The van der Waals surface area contributed by atoms with Crippen LogP contribution < -0.4 is 10.2 Å². The summed E-state index contributed by atoms with van der Waals surface area (Å²) < 4.78 is 0. The Morgan fingerprint density at radius 3 is 2.53 bits per heavy atom. The van der Waals surface area contributed by atoms with Crippen molar-refractivity contribution in [1.82, 2.24) is 4.98 Å². The van der Waals surface area contributed by atoms with E-state index < -0.39 is 0 Å². The Kier molecular flexibility index (Phi) is 4.76. The molecule has 2 heterocycles. The standard InChI is InChI=1S/C13H19Cl2N3O/c1-8(19)9-3-5-18(6-4-9)13-11(15)7-10(14)12(16-2)17-13/h7-9,19H,3-6H2,1-2H3,(H,16,17). The molecule has 0 saturated carbocycles. The highest BCUT2D eigenvalue weighted by molar-refractivity contribution is 6.37. The van der Waals surface area contributed by atoms with Crippen molar-refractivity contribution in [2.75, 3.05) is 30.4 Å². The molecule has 1 aromatic rings. The minimum absolute atomic E-state index is 0.247. The summed E-state index contributed by atoms with van der Waals surface area (Å²) in [6.45, 7) is 3.56. The lowest BCUT2D eigenvalue weighted by Crippen LogP contribution is -2.37. The molecule has 1 aliphatic heterocycles. The third kappa shape index (κ3) is 3.25. The Hall–Kier alpha value is -0.710. The Morgan fingerprint density at radius 2 is 2.00 bits per heavy atom. The molecule has 0 aliphatic carbocycles. The van der Waals surface area contributed by atoms with Gasteiger partial charge in [-0.2, -0.15) is 0 Å². The molecule has 1 unspecified atom stereocenters. The van der Waals surface area contributed by atoms with Gasteiger partial charge in [-0.05, 0) is 31.7 Å². The van der Waals surface area contributed by atoms with E-state index in [1.54, 1.807) is 13.1 Å². The highest BCUT2D eigenvalue weighted by atomic mass is 35.5. The van der Waals surface area contributed by atoms with E-state index in [1.165, 1.54) is 0 Å². The lowest BCUT2D eigenvalue weighted by molar-refractivity contribution is 0.110. The second-order valence-electron chi connectivity index (χ2n) is 4.94. The number of hydrogen-bond donors (Lipinski definition) is 2. The fourth-order valence-electron chi connectivity index (χ4n) is 2.45. The van der Waals surface area contributed by atoms with Gasteiger partial charge < -0.3 is 15.3 Å². The van der Waals surface area contributed by atoms with E-state index in [0.29, 0.717) is 21.8 Å². The van der Waals surface area contributed by atoms with Gasteiger partial charge in [-0.3, -0.25) is 0 Å². The first-order chi connectivity index (χ1) is 9.02. The fourth-order valence-corrected chi connectivity index (χ4v) is 3.02. The second kappa shape index (κ2) is 6.16. The molecule has 1 atom stereocenters. The quantitative estimate of drug-likeness (QED) is 0.901. The predicted molar refractivity (Wildman–Crippen MR) is 80.4 cm³/mol. The molecule has 2 rings (SSSR count). The maximum absolute atomic E-state index is 9.62. The molecule has 0 radical (unpaired) electrons. The predicted octanol–water partition coefficient (Wildman–Crippen LogP) is 3.03. The number of piperidine rings is 1. The topological polar surface area (TPSA) is 48.4 Å². The van der Waals surface area contributed by atoms with Crippen LogP contribution in [0, 0.1) is 5.92 Å². The normalized spacial score (nSPS) is 18.5. The van der Waals surface area contributed by atoms with Gasteiger partial charge in [0.2, 0.25) is 0 Å². The summed E-state index contributed by atoms with van der Waals surface area (Å²) in [5, 5.41) is 13.7. The smallest absolute Gasteiger partial charge is 0.149 e. The Balaban J connectivity index is 2.15. The molecule has 1 saturated heterocycles. The first kappa shape index (κ1) is 14.7. The minimum atomic E-state index is -0.247. The third-order valence-corrected chi connectivity index (χ3v) is 4.24. The van der Waals surface area contributed by atoms with Gasteiger partial charge >= 0.3 is 0 Å². The average Bonchev–Trinajstić information content (AvgIpc) is 2.39. The van der Waals surface area contributed by atoms with Gasteiger partial charge in [-0.1, -0.05) is 23.2 Å². The van der Waals surface area contributed by atoms with Crippen molar-refractivity contribution >= 4 is 34.8 Å². The van der Waals surface area contributed by atoms with Crippen LogP contribution in [-0.4, -0.2) is 36.3 Å². The summed E-state index contributed by atoms with van der Waals surface area (Å²) in [5.74, 6) is 1.77. The summed E-state index contributed by atoms with van der Waals surface area (Å²) in [4.78, 5) is 6.62. The number of nitrogens with zero attached hydrogens (tertiary/aromatic N) is 2. The van der Waals surface area contributed by atoms with Crippen LogP contribution >= 0.6 is 23.2 Å². The zero-order chi connectivity index (χ0) is 14.0. The first-order valence-corrected chi connectivity index (χ1v) is 7.25. The van der Waals surface area contributed by atoms with Gasteiger partial charge in [-0.15, -0.1) is 0 Å². The van der Waals surface area contributed by atoms with Crippen molar-refractivity contribution in [3.63, 3.8) is 0 Å². The minimum Gasteiger partial charge on any atom is -0.393 e. The summed E-state index contributed by atoms with van der Waals surface area (Å²) in [6, 6.07) is 1.72. The van der Waals surface area contributed by atoms with Gasteiger partial charge in [0, 0.05) is 20.1 Å². The number of aliphatic hydroxyl groups excluding tert-OH is 1. The van der Waals surface area contributed by atoms with Crippen LogP contribution in [0.4, 0.5) is 11.6 Å². The van der Waals surface area contributed by atoms with Gasteiger partial charge in [0.1, 0.15) is 11.6 Å². The van der Waals surface area contributed by atoms with Crippen molar-refractivity contribution in [3.8, 4) is 0 Å². The number of halogens is 2. The Morgan fingerprint density at radius 1 is 1.37 bits per heavy atom. The van der Waals surface area contributed by atoms with E-state index in [-0.39, 0.29) is 6.10 Å². The van der Waals surface area contributed by atoms with E-state index >= 15 is 0 Å².